The molecule has 41 heavy (non-hydrogen) atoms. The van der Waals surface area contributed by atoms with E-state index in [0.29, 0.717) is 53.8 Å². The second-order valence-corrected chi connectivity index (χ2v) is 13.4. The third kappa shape index (κ3) is 4.79. The van der Waals surface area contributed by atoms with Crippen molar-refractivity contribution >= 4 is 28.3 Å². The molecule has 1 saturated carbocycles. The highest BCUT2D eigenvalue weighted by atomic mass is 35.5. The summed E-state index contributed by atoms with van der Waals surface area (Å²) in [5, 5.41) is 22.1. The number of anilines is 1. The van der Waals surface area contributed by atoms with Crippen LogP contribution in [0.5, 0.6) is 11.8 Å². The summed E-state index contributed by atoms with van der Waals surface area (Å²) in [6.07, 6.45) is 8.46. The number of benzene rings is 1. The summed E-state index contributed by atoms with van der Waals surface area (Å²) in [5.74, 6) is 0.483. The molecule has 218 valence electrons. The highest BCUT2D eigenvalue weighted by Crippen LogP contribution is 2.53. The zero-order chi connectivity index (χ0) is 28.5. The molecule has 3 unspecified atom stereocenters. The number of rotatable bonds is 6. The lowest BCUT2D eigenvalue weighted by Crippen LogP contribution is -2.46. The lowest BCUT2D eigenvalue weighted by molar-refractivity contribution is 0.0447. The van der Waals surface area contributed by atoms with Gasteiger partial charge in [0.25, 0.3) is 0 Å². The first kappa shape index (κ1) is 27.1. The zero-order valence-electron chi connectivity index (χ0n) is 23.7. The van der Waals surface area contributed by atoms with E-state index < -0.39 is 11.4 Å². The summed E-state index contributed by atoms with van der Waals surface area (Å²) >= 11 is 6.59. The van der Waals surface area contributed by atoms with E-state index in [-0.39, 0.29) is 34.4 Å². The van der Waals surface area contributed by atoms with E-state index >= 15 is 4.39 Å². The minimum atomic E-state index is -0.885. The van der Waals surface area contributed by atoms with Gasteiger partial charge in [-0.3, -0.25) is 9.88 Å². The quantitative estimate of drug-likeness (QED) is 0.384. The van der Waals surface area contributed by atoms with Crippen molar-refractivity contribution in [2.24, 2.45) is 5.92 Å². The molecule has 7 rings (SSSR count). The van der Waals surface area contributed by atoms with Crippen LogP contribution < -0.4 is 9.64 Å². The van der Waals surface area contributed by atoms with Crippen molar-refractivity contribution < 1.29 is 19.3 Å². The van der Waals surface area contributed by atoms with Gasteiger partial charge in [-0.05, 0) is 94.5 Å². The van der Waals surface area contributed by atoms with Crippen molar-refractivity contribution in [1.29, 1.82) is 0 Å². The van der Waals surface area contributed by atoms with Gasteiger partial charge in [0.1, 0.15) is 29.4 Å². The fourth-order valence-corrected chi connectivity index (χ4v) is 7.83. The number of nitrogens with zero attached hydrogens (tertiary/aromatic N) is 5. The molecule has 5 heterocycles. The van der Waals surface area contributed by atoms with E-state index in [1.807, 2.05) is 11.8 Å². The van der Waals surface area contributed by atoms with Crippen molar-refractivity contribution in [3.63, 3.8) is 0 Å². The molecule has 0 amide bonds. The second kappa shape index (κ2) is 9.92. The number of halogens is 2. The number of fused-ring (bicyclic) bond motifs is 2. The molecule has 4 aliphatic rings. The molecule has 2 aromatic heterocycles. The fraction of sp³-hybridized carbons (Fsp3) is 0.581. The first-order valence-electron chi connectivity index (χ1n) is 14.9. The van der Waals surface area contributed by atoms with Crippen LogP contribution in [0.15, 0.2) is 18.3 Å². The Labute approximate surface area is 244 Å². The third-order valence-corrected chi connectivity index (χ3v) is 10.1. The molecule has 3 saturated heterocycles. The summed E-state index contributed by atoms with van der Waals surface area (Å²) in [7, 11) is 0. The number of ether oxygens (including phenoxy) is 1. The summed E-state index contributed by atoms with van der Waals surface area (Å²) in [6, 6.07) is 3.18. The van der Waals surface area contributed by atoms with Crippen molar-refractivity contribution in [2.45, 2.75) is 75.9 Å². The SMILES string of the molecule is CC1CC1c1c(Cl)cc(O)cc1-c1ncc2c(N3CCCC(C)(O)C3)nc(OCC34CCCN3CCC4)nc2c1F. The van der Waals surface area contributed by atoms with Gasteiger partial charge in [-0.15, -0.1) is 0 Å². The molecule has 10 heteroatoms. The van der Waals surface area contributed by atoms with Crippen LogP contribution in [0, 0.1) is 11.7 Å². The maximum Gasteiger partial charge on any atom is 0.319 e. The van der Waals surface area contributed by atoms with Crippen molar-refractivity contribution in [1.82, 2.24) is 19.9 Å². The Kier molecular flexibility index (Phi) is 6.56. The molecule has 3 aromatic rings. The molecule has 2 N–H and O–H groups in total. The largest absolute Gasteiger partial charge is 0.508 e. The number of phenols is 1. The fourth-order valence-electron chi connectivity index (χ4n) is 7.48. The molecular formula is C31H37ClFN5O3. The molecule has 0 bridgehead atoms. The van der Waals surface area contributed by atoms with Gasteiger partial charge in [0.2, 0.25) is 0 Å². The van der Waals surface area contributed by atoms with Crippen LogP contribution in [0.1, 0.15) is 70.3 Å². The molecule has 4 fully saturated rings. The van der Waals surface area contributed by atoms with Gasteiger partial charge in [-0.1, -0.05) is 18.5 Å². The number of aromatic nitrogens is 3. The maximum absolute atomic E-state index is 16.6. The average molecular weight is 582 g/mol. The standard InChI is InChI=1S/C31H37ClFN5O3/c1-18-12-20(18)24-21(13-19(39)14-23(24)32)26-25(33)27-22(15-34-26)28(37-9-3-6-30(2,40)16-37)36-29(35-27)41-17-31-7-4-10-38(31)11-5-8-31/h13-15,18,20,39-40H,3-12,16-17H2,1-2H3. The lowest BCUT2D eigenvalue weighted by Gasteiger charge is -2.38. The van der Waals surface area contributed by atoms with Gasteiger partial charge in [0.05, 0.1) is 16.5 Å². The molecule has 1 aromatic carbocycles. The van der Waals surface area contributed by atoms with Crippen LogP contribution in [-0.2, 0) is 0 Å². The van der Waals surface area contributed by atoms with E-state index in [1.165, 1.54) is 6.07 Å². The minimum Gasteiger partial charge on any atom is -0.508 e. The van der Waals surface area contributed by atoms with Crippen molar-refractivity contribution in [3.05, 3.63) is 34.7 Å². The highest BCUT2D eigenvalue weighted by Gasteiger charge is 2.45. The second-order valence-electron chi connectivity index (χ2n) is 13.0. The van der Waals surface area contributed by atoms with E-state index in [2.05, 4.69) is 21.8 Å². The first-order valence-corrected chi connectivity index (χ1v) is 15.3. The van der Waals surface area contributed by atoms with E-state index in [0.717, 1.165) is 57.2 Å². The minimum absolute atomic E-state index is 0.0105. The predicted octanol–water partition coefficient (Wildman–Crippen LogP) is 5.67. The summed E-state index contributed by atoms with van der Waals surface area (Å²) in [6.45, 7) is 7.61. The van der Waals surface area contributed by atoms with Crippen molar-refractivity contribution in [3.8, 4) is 23.0 Å². The predicted molar refractivity (Wildman–Crippen MR) is 156 cm³/mol. The Balaban J connectivity index is 1.34. The number of β-amino-alcohol motifs (C(OH)–C–C–N with tert-alkyl or cyclic N) is 1. The third-order valence-electron chi connectivity index (χ3n) is 9.75. The molecule has 3 atom stereocenters. The van der Waals surface area contributed by atoms with Gasteiger partial charge in [0.15, 0.2) is 5.82 Å². The van der Waals surface area contributed by atoms with Gasteiger partial charge in [-0.2, -0.15) is 9.97 Å². The summed E-state index contributed by atoms with van der Waals surface area (Å²) in [5.41, 5.74) is 0.609. The number of aromatic hydroxyl groups is 1. The molecular weight excluding hydrogens is 545 g/mol. The first-order chi connectivity index (χ1) is 19.6. The monoisotopic (exact) mass is 581 g/mol. The topological polar surface area (TPSA) is 94.8 Å². The van der Waals surface area contributed by atoms with E-state index in [1.54, 1.807) is 12.3 Å². The number of pyridine rings is 1. The number of piperidine rings is 1. The molecule has 0 radical (unpaired) electrons. The number of hydrogen-bond donors (Lipinski definition) is 2. The number of hydrogen-bond acceptors (Lipinski definition) is 8. The van der Waals surface area contributed by atoms with E-state index in [4.69, 9.17) is 21.3 Å². The lowest BCUT2D eigenvalue weighted by atomic mass is 9.95. The zero-order valence-corrected chi connectivity index (χ0v) is 24.4. The summed E-state index contributed by atoms with van der Waals surface area (Å²) in [4.78, 5) is 18.5. The Morgan fingerprint density at radius 1 is 1.12 bits per heavy atom. The van der Waals surface area contributed by atoms with Gasteiger partial charge >= 0.3 is 6.01 Å². The molecule has 0 spiro atoms. The van der Waals surface area contributed by atoms with Crippen LogP contribution in [0.2, 0.25) is 5.02 Å². The van der Waals surface area contributed by atoms with Crippen LogP contribution in [0.4, 0.5) is 10.2 Å². The Hall–Kier alpha value is -2.75. The summed E-state index contributed by atoms with van der Waals surface area (Å²) < 4.78 is 22.9. The maximum atomic E-state index is 16.6. The molecule has 3 aliphatic heterocycles. The number of phenolic OH excluding ortho intramolecular Hbond substituents is 1. The van der Waals surface area contributed by atoms with Crippen LogP contribution in [-0.4, -0.2) is 74.0 Å². The Bertz CT molecular complexity index is 1510. The van der Waals surface area contributed by atoms with Crippen LogP contribution in [0.3, 0.4) is 0 Å². The Morgan fingerprint density at radius 3 is 2.56 bits per heavy atom. The highest BCUT2D eigenvalue weighted by molar-refractivity contribution is 6.32. The van der Waals surface area contributed by atoms with Crippen LogP contribution >= 0.6 is 11.6 Å². The number of aliphatic hydroxyl groups is 1. The van der Waals surface area contributed by atoms with Crippen LogP contribution in [0.25, 0.3) is 22.2 Å². The van der Waals surface area contributed by atoms with Gasteiger partial charge in [-0.25, -0.2) is 4.39 Å². The average Bonchev–Trinajstić information content (AvgIpc) is 3.30. The van der Waals surface area contributed by atoms with Gasteiger partial charge in [0, 0.05) is 29.9 Å². The van der Waals surface area contributed by atoms with Gasteiger partial charge < -0.3 is 19.8 Å². The van der Waals surface area contributed by atoms with E-state index in [9.17, 15) is 10.2 Å². The Morgan fingerprint density at radius 2 is 1.85 bits per heavy atom. The normalized spacial score (nSPS) is 27.4. The molecule has 1 aliphatic carbocycles. The smallest absolute Gasteiger partial charge is 0.319 e. The van der Waals surface area contributed by atoms with Crippen molar-refractivity contribution in [2.75, 3.05) is 37.7 Å². The molecule has 8 nitrogen and oxygen atoms in total.